The van der Waals surface area contributed by atoms with Crippen LogP contribution in [0.5, 0.6) is 0 Å². The van der Waals surface area contributed by atoms with E-state index in [1.165, 1.54) is 5.56 Å². The molecule has 1 saturated heterocycles. The number of rotatable bonds is 6. The second kappa shape index (κ2) is 10.0. The van der Waals surface area contributed by atoms with E-state index < -0.39 is 0 Å². The molecule has 0 bridgehead atoms. The van der Waals surface area contributed by atoms with E-state index in [4.69, 9.17) is 16.0 Å². The van der Waals surface area contributed by atoms with Crippen molar-refractivity contribution in [1.82, 2.24) is 15.2 Å². The summed E-state index contributed by atoms with van der Waals surface area (Å²) in [4.78, 5) is 31.7. The van der Waals surface area contributed by atoms with Crippen LogP contribution in [0.2, 0.25) is 5.02 Å². The highest BCUT2D eigenvalue weighted by molar-refractivity contribution is 6.30. The lowest BCUT2D eigenvalue weighted by molar-refractivity contribution is -0.126. The number of oxazole rings is 1. The fourth-order valence-corrected chi connectivity index (χ4v) is 3.99. The van der Waals surface area contributed by atoms with Gasteiger partial charge in [-0.1, -0.05) is 29.3 Å². The SMILES string of the molecule is Cc1ccc(-c2nc(CCNC(=O)C3CCCN(C(=O)c4ccc(Cl)cc4)C3)co2)cc1. The molecule has 1 atom stereocenters. The number of amides is 2. The van der Waals surface area contributed by atoms with Gasteiger partial charge in [0.25, 0.3) is 5.91 Å². The fraction of sp³-hybridized carbons (Fsp3) is 0.320. The molecule has 7 heteroatoms. The summed E-state index contributed by atoms with van der Waals surface area (Å²) in [7, 11) is 0. The van der Waals surface area contributed by atoms with Crippen LogP contribution in [0.1, 0.15) is 34.5 Å². The number of nitrogens with one attached hydrogen (secondary N) is 1. The molecule has 3 aromatic rings. The summed E-state index contributed by atoms with van der Waals surface area (Å²) in [6.45, 7) is 3.59. The van der Waals surface area contributed by atoms with Gasteiger partial charge < -0.3 is 14.6 Å². The summed E-state index contributed by atoms with van der Waals surface area (Å²) < 4.78 is 5.58. The number of benzene rings is 2. The van der Waals surface area contributed by atoms with Crippen LogP contribution in [-0.2, 0) is 11.2 Å². The molecular formula is C25H26ClN3O3. The lowest BCUT2D eigenvalue weighted by Crippen LogP contribution is -2.45. The van der Waals surface area contributed by atoms with Crippen LogP contribution < -0.4 is 5.32 Å². The van der Waals surface area contributed by atoms with E-state index in [1.54, 1.807) is 35.4 Å². The Morgan fingerprint density at radius 2 is 1.91 bits per heavy atom. The lowest BCUT2D eigenvalue weighted by atomic mass is 9.96. The number of aromatic nitrogens is 1. The number of likely N-dealkylation sites (tertiary alicyclic amines) is 1. The first-order valence-electron chi connectivity index (χ1n) is 10.8. The number of hydrogen-bond acceptors (Lipinski definition) is 4. The Bertz CT molecular complexity index is 1080. The quantitative estimate of drug-likeness (QED) is 0.598. The summed E-state index contributed by atoms with van der Waals surface area (Å²) >= 11 is 5.91. The molecule has 2 aromatic carbocycles. The van der Waals surface area contributed by atoms with Gasteiger partial charge in [0.15, 0.2) is 0 Å². The van der Waals surface area contributed by atoms with Gasteiger partial charge in [-0.2, -0.15) is 0 Å². The number of piperidine rings is 1. The molecule has 1 aliphatic rings. The Hall–Kier alpha value is -3.12. The van der Waals surface area contributed by atoms with Crippen LogP contribution in [0.25, 0.3) is 11.5 Å². The molecule has 0 aliphatic carbocycles. The highest BCUT2D eigenvalue weighted by Gasteiger charge is 2.28. The Morgan fingerprint density at radius 1 is 1.16 bits per heavy atom. The fourth-order valence-electron chi connectivity index (χ4n) is 3.86. The average molecular weight is 452 g/mol. The van der Waals surface area contributed by atoms with Gasteiger partial charge >= 0.3 is 0 Å². The maximum atomic E-state index is 12.7. The molecule has 1 aliphatic heterocycles. The van der Waals surface area contributed by atoms with Crippen molar-refractivity contribution in [3.05, 3.63) is 76.6 Å². The van der Waals surface area contributed by atoms with Gasteiger partial charge in [-0.05, 0) is 56.2 Å². The van der Waals surface area contributed by atoms with Crippen LogP contribution >= 0.6 is 11.6 Å². The minimum Gasteiger partial charge on any atom is -0.444 e. The third kappa shape index (κ3) is 5.37. The summed E-state index contributed by atoms with van der Waals surface area (Å²) in [6.07, 6.45) is 3.80. The van der Waals surface area contributed by atoms with Gasteiger partial charge in [-0.3, -0.25) is 9.59 Å². The van der Waals surface area contributed by atoms with Crippen LogP contribution in [0.4, 0.5) is 0 Å². The first-order chi connectivity index (χ1) is 15.5. The minimum absolute atomic E-state index is 0.0270. The van der Waals surface area contributed by atoms with E-state index in [0.29, 0.717) is 42.5 Å². The van der Waals surface area contributed by atoms with Gasteiger partial charge in [0.05, 0.1) is 11.6 Å². The molecule has 2 heterocycles. The van der Waals surface area contributed by atoms with Crippen LogP contribution in [0.15, 0.2) is 59.2 Å². The van der Waals surface area contributed by atoms with Crippen molar-refractivity contribution in [1.29, 1.82) is 0 Å². The van der Waals surface area contributed by atoms with Crippen molar-refractivity contribution in [3.63, 3.8) is 0 Å². The van der Waals surface area contributed by atoms with E-state index in [9.17, 15) is 9.59 Å². The Balaban J connectivity index is 1.27. The van der Waals surface area contributed by atoms with Crippen molar-refractivity contribution in [2.75, 3.05) is 19.6 Å². The molecule has 32 heavy (non-hydrogen) atoms. The monoisotopic (exact) mass is 451 g/mol. The third-order valence-corrected chi connectivity index (χ3v) is 5.95. The molecule has 0 spiro atoms. The first kappa shape index (κ1) is 22.1. The standard InChI is InChI=1S/C25H26ClN3O3/c1-17-4-6-18(7-5-17)24-28-22(16-32-24)12-13-27-23(30)20-3-2-14-29(15-20)25(31)19-8-10-21(26)11-9-19/h4-11,16,20H,2-3,12-15H2,1H3,(H,27,30). The maximum Gasteiger partial charge on any atom is 0.253 e. The number of halogens is 1. The number of nitrogens with zero attached hydrogens (tertiary/aromatic N) is 2. The van der Waals surface area contributed by atoms with Crippen molar-refractivity contribution < 1.29 is 14.0 Å². The first-order valence-corrected chi connectivity index (χ1v) is 11.2. The zero-order valence-corrected chi connectivity index (χ0v) is 18.8. The van der Waals surface area contributed by atoms with E-state index >= 15 is 0 Å². The van der Waals surface area contributed by atoms with Gasteiger partial charge in [0.1, 0.15) is 6.26 Å². The molecule has 1 aromatic heterocycles. The zero-order valence-electron chi connectivity index (χ0n) is 18.0. The molecule has 0 radical (unpaired) electrons. The number of carbonyl (C=O) groups is 2. The number of hydrogen-bond donors (Lipinski definition) is 1. The highest BCUT2D eigenvalue weighted by atomic mass is 35.5. The smallest absolute Gasteiger partial charge is 0.253 e. The molecule has 166 valence electrons. The van der Waals surface area contributed by atoms with Crippen LogP contribution in [-0.4, -0.2) is 41.3 Å². The van der Waals surface area contributed by atoms with Gasteiger partial charge in [0.2, 0.25) is 11.8 Å². The number of aryl methyl sites for hydroxylation is 1. The molecule has 2 amide bonds. The topological polar surface area (TPSA) is 75.4 Å². The minimum atomic E-state index is -0.208. The predicted molar refractivity (Wildman–Crippen MR) is 123 cm³/mol. The molecule has 6 nitrogen and oxygen atoms in total. The highest BCUT2D eigenvalue weighted by Crippen LogP contribution is 2.21. The van der Waals surface area contributed by atoms with Crippen molar-refractivity contribution in [2.24, 2.45) is 5.92 Å². The maximum absolute atomic E-state index is 12.7. The van der Waals surface area contributed by atoms with Crippen LogP contribution in [0.3, 0.4) is 0 Å². The molecular weight excluding hydrogens is 426 g/mol. The Labute approximate surface area is 192 Å². The van der Waals surface area contributed by atoms with Crippen molar-refractivity contribution in [2.45, 2.75) is 26.2 Å². The summed E-state index contributed by atoms with van der Waals surface area (Å²) in [5, 5.41) is 3.58. The molecule has 4 rings (SSSR count). The van der Waals surface area contributed by atoms with E-state index in [-0.39, 0.29) is 17.7 Å². The van der Waals surface area contributed by atoms with E-state index in [0.717, 1.165) is 24.1 Å². The lowest BCUT2D eigenvalue weighted by Gasteiger charge is -2.32. The molecule has 1 N–H and O–H groups in total. The van der Waals surface area contributed by atoms with Crippen molar-refractivity contribution >= 4 is 23.4 Å². The molecule has 1 fully saturated rings. The molecule has 0 saturated carbocycles. The van der Waals surface area contributed by atoms with Gasteiger partial charge in [-0.25, -0.2) is 4.98 Å². The summed E-state index contributed by atoms with van der Waals surface area (Å²) in [6, 6.07) is 14.8. The zero-order chi connectivity index (χ0) is 22.5. The summed E-state index contributed by atoms with van der Waals surface area (Å²) in [5.74, 6) is 0.279. The Kier molecular flexibility index (Phi) is 6.90. The second-order valence-corrected chi connectivity index (χ2v) is 8.58. The van der Waals surface area contributed by atoms with E-state index in [2.05, 4.69) is 10.3 Å². The second-order valence-electron chi connectivity index (χ2n) is 8.15. The van der Waals surface area contributed by atoms with Gasteiger partial charge in [-0.15, -0.1) is 0 Å². The molecule has 1 unspecified atom stereocenters. The Morgan fingerprint density at radius 3 is 2.66 bits per heavy atom. The van der Waals surface area contributed by atoms with Crippen molar-refractivity contribution in [3.8, 4) is 11.5 Å². The summed E-state index contributed by atoms with van der Waals surface area (Å²) in [5.41, 5.74) is 3.49. The largest absolute Gasteiger partial charge is 0.444 e. The third-order valence-electron chi connectivity index (χ3n) is 5.70. The average Bonchev–Trinajstić information content (AvgIpc) is 3.28. The predicted octanol–water partition coefficient (Wildman–Crippen LogP) is 4.51. The van der Waals surface area contributed by atoms with E-state index in [1.807, 2.05) is 31.2 Å². The number of carbonyl (C=O) groups excluding carboxylic acids is 2. The van der Waals surface area contributed by atoms with Gasteiger partial charge in [0, 0.05) is 42.2 Å². The van der Waals surface area contributed by atoms with Crippen LogP contribution in [0, 0.1) is 12.8 Å². The normalized spacial score (nSPS) is 16.1.